The van der Waals surface area contributed by atoms with Crippen LogP contribution in [0.15, 0.2) is 66.2 Å². The lowest BCUT2D eigenvalue weighted by molar-refractivity contribution is 0.0652. The Morgan fingerprint density at radius 1 is 1.03 bits per heavy atom. The van der Waals surface area contributed by atoms with Crippen molar-refractivity contribution in [2.45, 2.75) is 19.4 Å². The zero-order valence-electron chi connectivity index (χ0n) is 17.8. The average molecular weight is 421 g/mol. The minimum Gasteiger partial charge on any atom is -0.489 e. The van der Waals surface area contributed by atoms with E-state index in [-0.39, 0.29) is 11.8 Å². The molecule has 3 rings (SSSR count). The molecule has 2 amide bonds. The van der Waals surface area contributed by atoms with Gasteiger partial charge in [-0.25, -0.2) is 0 Å². The van der Waals surface area contributed by atoms with Crippen molar-refractivity contribution in [2.24, 2.45) is 4.99 Å². The molecule has 0 saturated heterocycles. The maximum absolute atomic E-state index is 12.4. The summed E-state index contributed by atoms with van der Waals surface area (Å²) in [6.07, 6.45) is 3.23. The Morgan fingerprint density at radius 3 is 2.39 bits per heavy atom. The van der Waals surface area contributed by atoms with E-state index in [4.69, 9.17) is 4.74 Å². The normalized spacial score (nSPS) is 13.2. The number of unbranched alkanes of at least 4 members (excludes halogenated alkanes) is 1. The molecule has 1 aliphatic heterocycles. The number of aliphatic imine (C=N–C) groups is 1. The van der Waals surface area contributed by atoms with Crippen LogP contribution < -0.4 is 15.4 Å². The molecule has 0 radical (unpaired) electrons. The second kappa shape index (κ2) is 11.0. The van der Waals surface area contributed by atoms with E-state index < -0.39 is 0 Å². The summed E-state index contributed by atoms with van der Waals surface area (Å²) in [5.74, 6) is 1.08. The number of guanidine groups is 1. The molecule has 2 N–H and O–H groups in total. The molecule has 0 atom stereocenters. The van der Waals surface area contributed by atoms with E-state index in [2.05, 4.69) is 22.2 Å². The summed E-state index contributed by atoms with van der Waals surface area (Å²) in [6, 6.07) is 14.8. The third-order valence-corrected chi connectivity index (χ3v) is 4.98. The fourth-order valence-electron chi connectivity index (χ4n) is 3.38. The van der Waals surface area contributed by atoms with Crippen LogP contribution in [-0.4, -0.2) is 49.4 Å². The number of benzene rings is 2. The molecule has 0 aliphatic carbocycles. The number of hydrogen-bond donors (Lipinski definition) is 2. The molecule has 0 bridgehead atoms. The topological polar surface area (TPSA) is 83.0 Å². The average Bonchev–Trinajstić information content (AvgIpc) is 3.05. The Kier molecular flexibility index (Phi) is 7.81. The third kappa shape index (κ3) is 5.51. The van der Waals surface area contributed by atoms with Gasteiger partial charge in [0.2, 0.25) is 0 Å². The van der Waals surface area contributed by atoms with E-state index >= 15 is 0 Å². The van der Waals surface area contributed by atoms with Gasteiger partial charge >= 0.3 is 0 Å². The second-order valence-corrected chi connectivity index (χ2v) is 7.07. The van der Waals surface area contributed by atoms with Crippen LogP contribution in [0.2, 0.25) is 0 Å². The number of imide groups is 1. The number of nitrogens with zero attached hydrogens (tertiary/aromatic N) is 2. The van der Waals surface area contributed by atoms with Crippen LogP contribution in [0, 0.1) is 0 Å². The standard InChI is InChI=1S/C24H28N4O3/c1-3-16-31-21-13-7-4-10-18(21)17-27-24(25-2)26-14-8-9-15-28-22(29)19-11-5-6-12-20(19)23(28)30/h3-7,10-13H,1,8-9,14-17H2,2H3,(H2,25,26,27). The molecule has 0 spiro atoms. The number of rotatable bonds is 10. The predicted molar refractivity (Wildman–Crippen MR) is 121 cm³/mol. The highest BCUT2D eigenvalue weighted by atomic mass is 16.5. The van der Waals surface area contributed by atoms with Crippen LogP contribution in [0.25, 0.3) is 0 Å². The molecule has 162 valence electrons. The molecule has 7 heteroatoms. The summed E-state index contributed by atoms with van der Waals surface area (Å²) in [4.78, 5) is 30.3. The number of hydrogen-bond acceptors (Lipinski definition) is 4. The van der Waals surface area contributed by atoms with Crippen LogP contribution in [0.4, 0.5) is 0 Å². The van der Waals surface area contributed by atoms with Gasteiger partial charge in [0.25, 0.3) is 11.8 Å². The van der Waals surface area contributed by atoms with Crippen molar-refractivity contribution in [3.05, 3.63) is 77.9 Å². The third-order valence-electron chi connectivity index (χ3n) is 4.98. The van der Waals surface area contributed by atoms with Crippen molar-refractivity contribution < 1.29 is 14.3 Å². The van der Waals surface area contributed by atoms with Gasteiger partial charge < -0.3 is 15.4 Å². The number of amides is 2. The summed E-state index contributed by atoms with van der Waals surface area (Å²) < 4.78 is 5.68. The highest BCUT2D eigenvalue weighted by molar-refractivity contribution is 6.21. The first-order valence-corrected chi connectivity index (χ1v) is 10.4. The van der Waals surface area contributed by atoms with Gasteiger partial charge in [-0.1, -0.05) is 43.0 Å². The van der Waals surface area contributed by atoms with Crippen molar-refractivity contribution in [2.75, 3.05) is 26.7 Å². The number of carbonyl (C=O) groups excluding carboxylic acids is 2. The SMILES string of the molecule is C=CCOc1ccccc1CNC(=NC)NCCCCN1C(=O)c2ccccc2C1=O. The van der Waals surface area contributed by atoms with Crippen LogP contribution in [0.3, 0.4) is 0 Å². The van der Waals surface area contributed by atoms with E-state index in [0.29, 0.717) is 49.7 Å². The summed E-state index contributed by atoms with van der Waals surface area (Å²) in [6.45, 7) is 5.79. The molecule has 7 nitrogen and oxygen atoms in total. The highest BCUT2D eigenvalue weighted by Crippen LogP contribution is 2.22. The lowest BCUT2D eigenvalue weighted by Crippen LogP contribution is -2.37. The number of fused-ring (bicyclic) bond motifs is 1. The van der Waals surface area contributed by atoms with Gasteiger partial charge in [0.1, 0.15) is 12.4 Å². The molecular formula is C24H28N4O3. The van der Waals surface area contributed by atoms with Crippen molar-refractivity contribution >= 4 is 17.8 Å². The molecule has 0 fully saturated rings. The molecule has 0 aromatic heterocycles. The first-order chi connectivity index (χ1) is 15.2. The number of ether oxygens (including phenoxy) is 1. The zero-order chi connectivity index (χ0) is 22.1. The molecule has 2 aromatic carbocycles. The monoisotopic (exact) mass is 420 g/mol. The van der Waals surface area contributed by atoms with Gasteiger partial charge in [-0.3, -0.25) is 19.5 Å². The van der Waals surface area contributed by atoms with E-state index in [0.717, 1.165) is 17.7 Å². The van der Waals surface area contributed by atoms with Crippen LogP contribution >= 0.6 is 0 Å². The highest BCUT2D eigenvalue weighted by Gasteiger charge is 2.34. The molecule has 31 heavy (non-hydrogen) atoms. The second-order valence-electron chi connectivity index (χ2n) is 7.07. The first-order valence-electron chi connectivity index (χ1n) is 10.4. The number of para-hydroxylation sites is 1. The maximum atomic E-state index is 12.4. The molecule has 0 unspecified atom stereocenters. The van der Waals surface area contributed by atoms with E-state index in [1.165, 1.54) is 4.90 Å². The fourth-order valence-corrected chi connectivity index (χ4v) is 3.38. The molecule has 0 saturated carbocycles. The van der Waals surface area contributed by atoms with Gasteiger partial charge in [0.15, 0.2) is 5.96 Å². The number of carbonyl (C=O) groups is 2. The summed E-state index contributed by atoms with van der Waals surface area (Å²) in [7, 11) is 1.72. The zero-order valence-corrected chi connectivity index (χ0v) is 17.8. The minimum absolute atomic E-state index is 0.205. The van der Waals surface area contributed by atoms with Gasteiger partial charge in [-0.15, -0.1) is 0 Å². The Bertz CT molecular complexity index is 936. The Hall–Kier alpha value is -3.61. The van der Waals surface area contributed by atoms with Crippen LogP contribution in [0.5, 0.6) is 5.75 Å². The van der Waals surface area contributed by atoms with Gasteiger partial charge in [-0.05, 0) is 31.0 Å². The quantitative estimate of drug-likeness (QED) is 0.203. The predicted octanol–water partition coefficient (Wildman–Crippen LogP) is 2.99. The largest absolute Gasteiger partial charge is 0.489 e. The fraction of sp³-hybridized carbons (Fsp3) is 0.292. The first kappa shape index (κ1) is 22.1. The van der Waals surface area contributed by atoms with E-state index in [9.17, 15) is 9.59 Å². The van der Waals surface area contributed by atoms with Gasteiger partial charge in [-0.2, -0.15) is 0 Å². The van der Waals surface area contributed by atoms with Gasteiger partial charge in [0, 0.05) is 32.2 Å². The van der Waals surface area contributed by atoms with Crippen LogP contribution in [0.1, 0.15) is 39.1 Å². The van der Waals surface area contributed by atoms with Gasteiger partial charge in [0.05, 0.1) is 11.1 Å². The lowest BCUT2D eigenvalue weighted by Gasteiger charge is -2.15. The Morgan fingerprint density at radius 2 is 1.71 bits per heavy atom. The Balaban J connectivity index is 1.40. The molecule has 2 aromatic rings. The molecule has 1 heterocycles. The summed E-state index contributed by atoms with van der Waals surface area (Å²) in [5, 5.41) is 6.54. The lowest BCUT2D eigenvalue weighted by atomic mass is 10.1. The molecular weight excluding hydrogens is 392 g/mol. The van der Waals surface area contributed by atoms with Crippen molar-refractivity contribution in [1.29, 1.82) is 0 Å². The number of nitrogens with one attached hydrogen (secondary N) is 2. The van der Waals surface area contributed by atoms with Crippen molar-refractivity contribution in [1.82, 2.24) is 15.5 Å². The maximum Gasteiger partial charge on any atom is 0.261 e. The minimum atomic E-state index is -0.205. The smallest absolute Gasteiger partial charge is 0.261 e. The Labute approximate surface area is 182 Å². The van der Waals surface area contributed by atoms with Crippen molar-refractivity contribution in [3.63, 3.8) is 0 Å². The van der Waals surface area contributed by atoms with E-state index in [1.54, 1.807) is 37.4 Å². The van der Waals surface area contributed by atoms with Crippen molar-refractivity contribution in [3.8, 4) is 5.75 Å². The van der Waals surface area contributed by atoms with Crippen LogP contribution in [-0.2, 0) is 6.54 Å². The molecule has 1 aliphatic rings. The summed E-state index contributed by atoms with van der Waals surface area (Å²) in [5.41, 5.74) is 2.01. The van der Waals surface area contributed by atoms with E-state index in [1.807, 2.05) is 24.3 Å². The summed E-state index contributed by atoms with van der Waals surface area (Å²) >= 11 is 0.